The van der Waals surface area contributed by atoms with Crippen LogP contribution in [-0.4, -0.2) is 0 Å². The molecule has 0 radical (unpaired) electrons. The van der Waals surface area contributed by atoms with E-state index in [1.54, 1.807) is 6.07 Å². The van der Waals surface area contributed by atoms with E-state index in [4.69, 9.17) is 11.0 Å². The molecular formula is C7H4BrIN2. The number of hydrogen-bond acceptors (Lipinski definition) is 2. The van der Waals surface area contributed by atoms with Crippen LogP contribution in [0.3, 0.4) is 0 Å². The molecule has 1 aromatic carbocycles. The summed E-state index contributed by atoms with van der Waals surface area (Å²) in [5.41, 5.74) is 6.64. The fourth-order valence-electron chi connectivity index (χ4n) is 0.711. The van der Waals surface area contributed by atoms with Crippen molar-refractivity contribution in [2.75, 3.05) is 5.73 Å². The second-order valence-corrected chi connectivity index (χ2v) is 4.04. The van der Waals surface area contributed by atoms with Crippen LogP contribution in [0.15, 0.2) is 16.6 Å². The minimum absolute atomic E-state index is 0.520. The SMILES string of the molecule is N#Cc1c(N)cc(Br)cc1I. The van der Waals surface area contributed by atoms with E-state index in [-0.39, 0.29) is 0 Å². The lowest BCUT2D eigenvalue weighted by molar-refractivity contribution is 1.45. The van der Waals surface area contributed by atoms with Gasteiger partial charge in [-0.05, 0) is 34.7 Å². The molecule has 0 aliphatic heterocycles. The molecule has 0 aliphatic rings. The highest BCUT2D eigenvalue weighted by Gasteiger charge is 2.03. The average Bonchev–Trinajstić information content (AvgIpc) is 1.85. The molecule has 0 amide bonds. The lowest BCUT2D eigenvalue weighted by atomic mass is 10.2. The van der Waals surface area contributed by atoms with Crippen molar-refractivity contribution in [2.24, 2.45) is 0 Å². The molecular weight excluding hydrogens is 319 g/mol. The van der Waals surface area contributed by atoms with Crippen LogP contribution in [-0.2, 0) is 0 Å². The highest BCUT2D eigenvalue weighted by molar-refractivity contribution is 14.1. The van der Waals surface area contributed by atoms with Gasteiger partial charge in [0.1, 0.15) is 6.07 Å². The summed E-state index contributed by atoms with van der Waals surface area (Å²) in [6, 6.07) is 5.62. The topological polar surface area (TPSA) is 49.8 Å². The molecule has 0 fully saturated rings. The summed E-state index contributed by atoms with van der Waals surface area (Å²) in [5, 5.41) is 8.64. The van der Waals surface area contributed by atoms with Gasteiger partial charge in [-0.2, -0.15) is 5.26 Å². The second-order valence-electron chi connectivity index (χ2n) is 1.96. The van der Waals surface area contributed by atoms with Gasteiger partial charge in [0.05, 0.1) is 11.3 Å². The van der Waals surface area contributed by atoms with Crippen molar-refractivity contribution >= 4 is 44.2 Å². The smallest absolute Gasteiger partial charge is 0.102 e. The zero-order chi connectivity index (χ0) is 8.43. The van der Waals surface area contributed by atoms with E-state index in [9.17, 15) is 0 Å². The Morgan fingerprint density at radius 2 is 2.18 bits per heavy atom. The molecule has 0 unspecified atom stereocenters. The Labute approximate surface area is 86.7 Å². The number of rotatable bonds is 0. The molecule has 1 rings (SSSR count). The van der Waals surface area contributed by atoms with Crippen LogP contribution in [0, 0.1) is 14.9 Å². The van der Waals surface area contributed by atoms with E-state index in [1.165, 1.54) is 0 Å². The average molecular weight is 323 g/mol. The largest absolute Gasteiger partial charge is 0.398 e. The summed E-state index contributed by atoms with van der Waals surface area (Å²) in [7, 11) is 0. The van der Waals surface area contributed by atoms with Crippen molar-refractivity contribution < 1.29 is 0 Å². The Morgan fingerprint density at radius 1 is 1.55 bits per heavy atom. The predicted octanol–water partition coefficient (Wildman–Crippen LogP) is 2.51. The number of nitrogens with zero attached hydrogens (tertiary/aromatic N) is 1. The van der Waals surface area contributed by atoms with E-state index < -0.39 is 0 Å². The number of benzene rings is 1. The minimum Gasteiger partial charge on any atom is -0.398 e. The molecule has 0 saturated carbocycles. The number of anilines is 1. The molecule has 0 bridgehead atoms. The van der Waals surface area contributed by atoms with Gasteiger partial charge in [-0.1, -0.05) is 15.9 Å². The Hall–Kier alpha value is -0.280. The van der Waals surface area contributed by atoms with Crippen molar-refractivity contribution in [3.8, 4) is 6.07 Å². The van der Waals surface area contributed by atoms with Gasteiger partial charge in [-0.15, -0.1) is 0 Å². The molecule has 0 heterocycles. The highest BCUT2D eigenvalue weighted by Crippen LogP contribution is 2.23. The number of nitrogens with two attached hydrogens (primary N) is 1. The summed E-state index contributed by atoms with van der Waals surface area (Å²) in [6.45, 7) is 0. The van der Waals surface area contributed by atoms with Crippen molar-refractivity contribution in [3.05, 3.63) is 25.7 Å². The summed E-state index contributed by atoms with van der Waals surface area (Å²) in [6.07, 6.45) is 0. The number of hydrogen-bond donors (Lipinski definition) is 1. The maximum atomic E-state index is 8.64. The number of nitrogen functional groups attached to an aromatic ring is 1. The first-order chi connectivity index (χ1) is 5.15. The van der Waals surface area contributed by atoms with Gasteiger partial charge >= 0.3 is 0 Å². The van der Waals surface area contributed by atoms with Crippen LogP contribution in [0.2, 0.25) is 0 Å². The van der Waals surface area contributed by atoms with Gasteiger partial charge in [0.25, 0.3) is 0 Å². The van der Waals surface area contributed by atoms with Gasteiger partial charge in [-0.25, -0.2) is 0 Å². The summed E-state index contributed by atoms with van der Waals surface area (Å²) in [4.78, 5) is 0. The second kappa shape index (κ2) is 3.41. The maximum absolute atomic E-state index is 8.64. The van der Waals surface area contributed by atoms with Gasteiger partial charge in [-0.3, -0.25) is 0 Å². The zero-order valence-electron chi connectivity index (χ0n) is 5.44. The fourth-order valence-corrected chi connectivity index (χ4v) is 2.38. The summed E-state index contributed by atoms with van der Waals surface area (Å²) < 4.78 is 1.77. The molecule has 0 atom stereocenters. The van der Waals surface area contributed by atoms with E-state index in [0.717, 1.165) is 8.04 Å². The van der Waals surface area contributed by atoms with Crippen LogP contribution in [0.4, 0.5) is 5.69 Å². The molecule has 11 heavy (non-hydrogen) atoms. The monoisotopic (exact) mass is 322 g/mol. The molecule has 0 spiro atoms. The molecule has 2 nitrogen and oxygen atoms in total. The van der Waals surface area contributed by atoms with Crippen LogP contribution in [0.1, 0.15) is 5.56 Å². The minimum atomic E-state index is 0.520. The van der Waals surface area contributed by atoms with E-state index in [0.29, 0.717) is 11.3 Å². The highest BCUT2D eigenvalue weighted by atomic mass is 127. The van der Waals surface area contributed by atoms with E-state index in [1.807, 2.05) is 12.1 Å². The van der Waals surface area contributed by atoms with Crippen LogP contribution in [0.25, 0.3) is 0 Å². The summed E-state index contributed by atoms with van der Waals surface area (Å²) >= 11 is 5.36. The molecule has 0 aromatic heterocycles. The molecule has 0 aliphatic carbocycles. The van der Waals surface area contributed by atoms with Gasteiger partial charge < -0.3 is 5.73 Å². The maximum Gasteiger partial charge on any atom is 0.102 e. The summed E-state index contributed by atoms with van der Waals surface area (Å²) in [5.74, 6) is 0. The quantitative estimate of drug-likeness (QED) is 0.589. The van der Waals surface area contributed by atoms with Crippen molar-refractivity contribution in [1.29, 1.82) is 5.26 Å². The van der Waals surface area contributed by atoms with Crippen molar-refractivity contribution in [2.45, 2.75) is 0 Å². The third kappa shape index (κ3) is 1.84. The van der Waals surface area contributed by atoms with Gasteiger partial charge in [0, 0.05) is 8.04 Å². The molecule has 0 saturated heterocycles. The first-order valence-corrected chi connectivity index (χ1v) is 4.67. The number of nitriles is 1. The lowest BCUT2D eigenvalue weighted by Crippen LogP contribution is -1.92. The van der Waals surface area contributed by atoms with Gasteiger partial charge in [0.2, 0.25) is 0 Å². The Morgan fingerprint density at radius 3 is 2.64 bits per heavy atom. The first-order valence-electron chi connectivity index (χ1n) is 2.79. The standard InChI is InChI=1S/C7H4BrIN2/c8-4-1-6(9)5(3-10)7(11)2-4/h1-2H,11H2. The van der Waals surface area contributed by atoms with Crippen LogP contribution >= 0.6 is 38.5 Å². The first kappa shape index (κ1) is 8.81. The normalized spacial score (nSPS) is 9.18. The van der Waals surface area contributed by atoms with Crippen LogP contribution in [0.5, 0.6) is 0 Å². The van der Waals surface area contributed by atoms with Crippen molar-refractivity contribution in [3.63, 3.8) is 0 Å². The lowest BCUT2D eigenvalue weighted by Gasteiger charge is -2.00. The Bertz CT molecular complexity index is 307. The molecule has 4 heteroatoms. The Balaban J connectivity index is 3.40. The molecule has 56 valence electrons. The van der Waals surface area contributed by atoms with Crippen molar-refractivity contribution in [1.82, 2.24) is 0 Å². The predicted molar refractivity (Wildman–Crippen MR) is 56.0 cm³/mol. The zero-order valence-corrected chi connectivity index (χ0v) is 9.18. The third-order valence-electron chi connectivity index (χ3n) is 1.20. The number of halogens is 2. The fraction of sp³-hybridized carbons (Fsp3) is 0. The third-order valence-corrected chi connectivity index (χ3v) is 2.51. The molecule has 2 N–H and O–H groups in total. The van der Waals surface area contributed by atoms with E-state index in [2.05, 4.69) is 38.5 Å². The van der Waals surface area contributed by atoms with E-state index >= 15 is 0 Å². The Kier molecular flexibility index (Phi) is 2.73. The molecule has 1 aromatic rings. The van der Waals surface area contributed by atoms with Crippen LogP contribution < -0.4 is 5.73 Å². The van der Waals surface area contributed by atoms with Gasteiger partial charge in [0.15, 0.2) is 0 Å².